The van der Waals surface area contributed by atoms with Crippen molar-refractivity contribution >= 4 is 17.6 Å². The molecule has 0 amide bonds. The molecule has 6 nitrogen and oxygen atoms in total. The average molecular weight is 248 g/mol. The molecule has 1 aromatic rings. The molecular weight excluding hydrogens is 238 g/mol. The van der Waals surface area contributed by atoms with Gasteiger partial charge >= 0.3 is 5.97 Å². The summed E-state index contributed by atoms with van der Waals surface area (Å²) < 4.78 is 14.6. The normalized spacial score (nSPS) is 9.75. The summed E-state index contributed by atoms with van der Waals surface area (Å²) in [5.74, 6) is -1.32. The summed E-state index contributed by atoms with van der Waals surface area (Å²) in [5, 5.41) is 8.88. The molecule has 0 radical (unpaired) electrons. The first kappa shape index (κ1) is 12.4. The van der Waals surface area contributed by atoms with Gasteiger partial charge < -0.3 is 19.3 Å². The van der Waals surface area contributed by atoms with E-state index in [1.165, 1.54) is 21.3 Å². The first-order chi connectivity index (χ1) is 7.56. The lowest BCUT2D eigenvalue weighted by molar-refractivity contribution is 0.0692. The van der Waals surface area contributed by atoms with Crippen LogP contribution < -0.4 is 14.2 Å². The molecule has 88 valence electrons. The molecule has 0 aliphatic heterocycles. The molecule has 0 unspecified atom stereocenters. The zero-order chi connectivity index (χ0) is 12.3. The van der Waals surface area contributed by atoms with Crippen molar-refractivity contribution in [1.29, 1.82) is 0 Å². The highest BCUT2D eigenvalue weighted by molar-refractivity contribution is 6.35. The molecule has 1 aromatic heterocycles. The maximum absolute atomic E-state index is 11.0. The first-order valence-corrected chi connectivity index (χ1v) is 4.53. The summed E-state index contributed by atoms with van der Waals surface area (Å²) in [7, 11) is 3.96. The van der Waals surface area contributed by atoms with E-state index in [9.17, 15) is 4.79 Å². The van der Waals surface area contributed by atoms with E-state index in [1.54, 1.807) is 0 Å². The van der Waals surface area contributed by atoms with Crippen LogP contribution in [-0.4, -0.2) is 37.4 Å². The Hall–Kier alpha value is -1.69. The zero-order valence-electron chi connectivity index (χ0n) is 8.91. The minimum atomic E-state index is -1.25. The van der Waals surface area contributed by atoms with E-state index in [0.29, 0.717) is 0 Å². The Morgan fingerprint density at radius 1 is 1.19 bits per heavy atom. The highest BCUT2D eigenvalue weighted by atomic mass is 35.5. The summed E-state index contributed by atoms with van der Waals surface area (Å²) in [4.78, 5) is 14.9. The summed E-state index contributed by atoms with van der Waals surface area (Å²) >= 11 is 5.81. The summed E-state index contributed by atoms with van der Waals surface area (Å²) in [6.07, 6.45) is 0. The molecule has 1 heterocycles. The number of methoxy groups -OCH3 is 3. The summed E-state index contributed by atoms with van der Waals surface area (Å²) in [6.45, 7) is 0. The third-order valence-corrected chi connectivity index (χ3v) is 2.19. The second kappa shape index (κ2) is 4.89. The number of halogens is 1. The lowest BCUT2D eigenvalue weighted by Crippen LogP contribution is -2.07. The van der Waals surface area contributed by atoms with Gasteiger partial charge in [-0.3, -0.25) is 0 Å². The van der Waals surface area contributed by atoms with Gasteiger partial charge in [0.2, 0.25) is 5.88 Å². The van der Waals surface area contributed by atoms with Gasteiger partial charge in [-0.2, -0.15) is 4.98 Å². The van der Waals surface area contributed by atoms with Crippen LogP contribution >= 0.6 is 11.6 Å². The van der Waals surface area contributed by atoms with Crippen LogP contribution in [0.1, 0.15) is 10.4 Å². The van der Waals surface area contributed by atoms with E-state index in [2.05, 4.69) is 4.98 Å². The van der Waals surface area contributed by atoms with Gasteiger partial charge in [0, 0.05) is 0 Å². The van der Waals surface area contributed by atoms with Crippen molar-refractivity contribution in [2.45, 2.75) is 0 Å². The maximum atomic E-state index is 11.0. The van der Waals surface area contributed by atoms with Crippen molar-refractivity contribution in [3.63, 3.8) is 0 Å². The monoisotopic (exact) mass is 247 g/mol. The van der Waals surface area contributed by atoms with Crippen molar-refractivity contribution in [2.24, 2.45) is 0 Å². The predicted molar refractivity (Wildman–Crippen MR) is 55.9 cm³/mol. The van der Waals surface area contributed by atoms with Gasteiger partial charge in [-0.25, -0.2) is 4.79 Å². The lowest BCUT2D eigenvalue weighted by atomic mass is 10.2. The maximum Gasteiger partial charge on any atom is 0.341 e. The van der Waals surface area contributed by atoms with Crippen LogP contribution in [-0.2, 0) is 0 Å². The quantitative estimate of drug-likeness (QED) is 0.868. The number of hydrogen-bond donors (Lipinski definition) is 1. The Morgan fingerprint density at radius 3 is 2.12 bits per heavy atom. The van der Waals surface area contributed by atoms with Gasteiger partial charge in [0.15, 0.2) is 5.75 Å². The number of aromatic nitrogens is 1. The molecule has 0 aromatic carbocycles. The van der Waals surface area contributed by atoms with Gasteiger partial charge in [0.05, 0.1) is 21.3 Å². The Bertz CT molecular complexity index is 421. The third-order valence-electron chi connectivity index (χ3n) is 1.84. The fourth-order valence-corrected chi connectivity index (χ4v) is 1.45. The molecular formula is C9H10ClNO5. The predicted octanol–water partition coefficient (Wildman–Crippen LogP) is 1.46. The van der Waals surface area contributed by atoms with Gasteiger partial charge in [-0.1, -0.05) is 11.6 Å². The molecule has 0 aliphatic rings. The van der Waals surface area contributed by atoms with E-state index >= 15 is 0 Å². The van der Waals surface area contributed by atoms with Crippen molar-refractivity contribution in [1.82, 2.24) is 4.98 Å². The van der Waals surface area contributed by atoms with Crippen LogP contribution in [0.5, 0.6) is 17.5 Å². The van der Waals surface area contributed by atoms with Gasteiger partial charge in [0.25, 0.3) is 5.88 Å². The van der Waals surface area contributed by atoms with E-state index in [0.717, 1.165) is 0 Å². The van der Waals surface area contributed by atoms with Crippen LogP contribution in [0.4, 0.5) is 0 Å². The number of pyridine rings is 1. The number of nitrogens with zero attached hydrogens (tertiary/aromatic N) is 1. The SMILES string of the molecule is COc1nc(OC)c(OC)c(C(=O)O)c1Cl. The zero-order valence-corrected chi connectivity index (χ0v) is 9.66. The summed E-state index contributed by atoms with van der Waals surface area (Å²) in [5.41, 5.74) is -0.243. The van der Waals surface area contributed by atoms with Gasteiger partial charge in [0.1, 0.15) is 10.6 Å². The fraction of sp³-hybridized carbons (Fsp3) is 0.333. The van der Waals surface area contributed by atoms with Crippen LogP contribution in [0.2, 0.25) is 5.02 Å². The molecule has 0 spiro atoms. The Labute approximate surface area is 96.7 Å². The number of carbonyl (C=O) groups is 1. The van der Waals surface area contributed by atoms with Gasteiger partial charge in [-0.15, -0.1) is 0 Å². The van der Waals surface area contributed by atoms with Crippen LogP contribution in [0.3, 0.4) is 0 Å². The number of carboxylic acid groups (broad SMARTS) is 1. The number of aromatic carboxylic acids is 1. The second-order valence-electron chi connectivity index (χ2n) is 2.66. The lowest BCUT2D eigenvalue weighted by Gasteiger charge is -2.12. The number of carboxylic acids is 1. The largest absolute Gasteiger partial charge is 0.490 e. The van der Waals surface area contributed by atoms with Crippen molar-refractivity contribution < 1.29 is 24.1 Å². The average Bonchev–Trinajstić information content (AvgIpc) is 2.27. The smallest absolute Gasteiger partial charge is 0.341 e. The number of rotatable bonds is 4. The molecule has 0 bridgehead atoms. The molecule has 0 atom stereocenters. The number of ether oxygens (including phenoxy) is 3. The Morgan fingerprint density at radius 2 is 1.75 bits per heavy atom. The standard InChI is InChI=1S/C9H10ClNO5/c1-14-6-4(9(12)13)5(10)7(15-2)11-8(6)16-3/h1-3H3,(H,12,13). The molecule has 0 aliphatic carbocycles. The van der Waals surface area contributed by atoms with Crippen molar-refractivity contribution in [2.75, 3.05) is 21.3 Å². The topological polar surface area (TPSA) is 77.9 Å². The van der Waals surface area contributed by atoms with E-state index in [4.69, 9.17) is 30.9 Å². The molecule has 0 fully saturated rings. The molecule has 0 saturated carbocycles. The van der Waals surface area contributed by atoms with Crippen molar-refractivity contribution in [3.05, 3.63) is 10.6 Å². The first-order valence-electron chi connectivity index (χ1n) is 4.15. The summed E-state index contributed by atoms with van der Waals surface area (Å²) in [6, 6.07) is 0. The van der Waals surface area contributed by atoms with E-state index < -0.39 is 5.97 Å². The van der Waals surface area contributed by atoms with E-state index in [-0.39, 0.29) is 28.1 Å². The molecule has 16 heavy (non-hydrogen) atoms. The Kier molecular flexibility index (Phi) is 3.78. The second-order valence-corrected chi connectivity index (χ2v) is 3.04. The Balaban J connectivity index is 3.57. The highest BCUT2D eigenvalue weighted by Crippen LogP contribution is 2.39. The molecule has 1 N–H and O–H groups in total. The third kappa shape index (κ3) is 1.96. The van der Waals surface area contributed by atoms with Gasteiger partial charge in [-0.05, 0) is 0 Å². The highest BCUT2D eigenvalue weighted by Gasteiger charge is 2.25. The van der Waals surface area contributed by atoms with Crippen LogP contribution in [0.25, 0.3) is 0 Å². The number of hydrogen-bond acceptors (Lipinski definition) is 5. The van der Waals surface area contributed by atoms with E-state index in [1.807, 2.05) is 0 Å². The molecule has 1 rings (SSSR count). The fourth-order valence-electron chi connectivity index (χ4n) is 1.16. The molecule has 0 saturated heterocycles. The van der Waals surface area contributed by atoms with Crippen LogP contribution in [0.15, 0.2) is 0 Å². The molecule has 7 heteroatoms. The minimum Gasteiger partial charge on any atom is -0.490 e. The van der Waals surface area contributed by atoms with Crippen LogP contribution in [0, 0.1) is 0 Å². The minimum absolute atomic E-state index is 0.00106. The van der Waals surface area contributed by atoms with Crippen molar-refractivity contribution in [3.8, 4) is 17.5 Å².